The molecule has 31 heavy (non-hydrogen) atoms. The summed E-state index contributed by atoms with van der Waals surface area (Å²) in [6, 6.07) is 8.11. The molecule has 7 nitrogen and oxygen atoms in total. The molecule has 1 fully saturated rings. The molecule has 1 saturated heterocycles. The first-order valence-electron chi connectivity index (χ1n) is 9.32. The van der Waals surface area contributed by atoms with Crippen molar-refractivity contribution < 1.29 is 36.9 Å². The van der Waals surface area contributed by atoms with Crippen molar-refractivity contribution in [2.75, 3.05) is 32.2 Å². The molecular formula is C20H23F4N3O4. The molecule has 0 spiro atoms. The lowest BCUT2D eigenvalue weighted by Gasteiger charge is -2.38. The normalized spacial score (nSPS) is 18.7. The third kappa shape index (κ3) is 7.35. The number of rotatable bonds is 5. The third-order valence-electron chi connectivity index (χ3n) is 4.76. The predicted octanol–water partition coefficient (Wildman–Crippen LogP) is 3.34. The number of benzene rings is 1. The highest BCUT2D eigenvalue weighted by Crippen LogP contribution is 2.26. The molecule has 1 aromatic heterocycles. The van der Waals surface area contributed by atoms with Gasteiger partial charge in [0.1, 0.15) is 5.75 Å². The lowest BCUT2D eigenvalue weighted by Crippen LogP contribution is -2.45. The summed E-state index contributed by atoms with van der Waals surface area (Å²) in [5, 5.41) is 7.12. The van der Waals surface area contributed by atoms with Crippen molar-refractivity contribution in [1.29, 1.82) is 0 Å². The van der Waals surface area contributed by atoms with Gasteiger partial charge in [0.15, 0.2) is 5.82 Å². The molecule has 2 heterocycles. The Kier molecular flexibility index (Phi) is 8.55. The van der Waals surface area contributed by atoms with E-state index in [4.69, 9.17) is 19.4 Å². The van der Waals surface area contributed by atoms with Crippen molar-refractivity contribution in [3.8, 4) is 5.75 Å². The zero-order valence-electron chi connectivity index (χ0n) is 17.0. The van der Waals surface area contributed by atoms with Crippen LogP contribution >= 0.6 is 0 Å². The fourth-order valence-corrected chi connectivity index (χ4v) is 3.23. The number of alkyl halides is 3. The van der Waals surface area contributed by atoms with Gasteiger partial charge >= 0.3 is 12.1 Å². The molecule has 0 amide bonds. The number of nitrogens with zero attached hydrogens (tertiary/aromatic N) is 3. The van der Waals surface area contributed by atoms with E-state index in [9.17, 15) is 17.6 Å². The summed E-state index contributed by atoms with van der Waals surface area (Å²) in [7, 11) is 3.42. The lowest BCUT2D eigenvalue weighted by molar-refractivity contribution is -0.192. The molecule has 0 saturated carbocycles. The number of hydrogen-bond donors (Lipinski definition) is 1. The van der Waals surface area contributed by atoms with E-state index in [1.165, 1.54) is 18.0 Å². The van der Waals surface area contributed by atoms with Gasteiger partial charge in [0, 0.05) is 26.1 Å². The Hall–Kier alpha value is -2.95. The molecule has 0 bridgehead atoms. The number of anilines is 1. The first-order valence-corrected chi connectivity index (χ1v) is 9.32. The van der Waals surface area contributed by atoms with Crippen LogP contribution in [0.2, 0.25) is 0 Å². The number of carboxylic acid groups (broad SMARTS) is 1. The number of halogens is 4. The molecule has 170 valence electrons. The Morgan fingerprint density at radius 1 is 1.19 bits per heavy atom. The summed E-state index contributed by atoms with van der Waals surface area (Å²) in [4.78, 5) is 19.2. The molecule has 0 unspecified atom stereocenters. The zero-order valence-corrected chi connectivity index (χ0v) is 17.0. The highest BCUT2D eigenvalue weighted by Gasteiger charge is 2.38. The standard InChI is InChI=1S/C18H22FN3O2.C2HF3O2/c1-23-16-5-3-13(4-6-16)9-14-12-22(8-7-17(14)24-2)18-20-10-15(19)11-21-18;3-2(4,5)1(6)7/h3-6,10-11,14,17H,7-9,12H2,1-2H3;(H,6,7)/t14-,17+;/m0./s1. The number of hydrogen-bond acceptors (Lipinski definition) is 6. The number of methoxy groups -OCH3 is 2. The summed E-state index contributed by atoms with van der Waals surface area (Å²) in [5.74, 6) is -1.42. The van der Waals surface area contributed by atoms with Gasteiger partial charge in [0.25, 0.3) is 0 Å². The minimum Gasteiger partial charge on any atom is -0.497 e. The number of piperidine rings is 1. The highest BCUT2D eigenvalue weighted by molar-refractivity contribution is 5.73. The fraction of sp³-hybridized carbons (Fsp3) is 0.450. The molecule has 0 aliphatic carbocycles. The molecule has 1 aliphatic rings. The van der Waals surface area contributed by atoms with E-state index < -0.39 is 18.0 Å². The molecule has 11 heteroatoms. The van der Waals surface area contributed by atoms with Gasteiger partial charge in [0.05, 0.1) is 25.6 Å². The summed E-state index contributed by atoms with van der Waals surface area (Å²) >= 11 is 0. The van der Waals surface area contributed by atoms with Crippen LogP contribution in [0.3, 0.4) is 0 Å². The largest absolute Gasteiger partial charge is 0.497 e. The van der Waals surface area contributed by atoms with Crippen LogP contribution in [0.4, 0.5) is 23.5 Å². The molecular weight excluding hydrogens is 422 g/mol. The van der Waals surface area contributed by atoms with Gasteiger partial charge in [-0.25, -0.2) is 19.2 Å². The smallest absolute Gasteiger partial charge is 0.490 e. The SMILES string of the molecule is COc1ccc(C[C@H]2CN(c3ncc(F)cn3)CC[C@H]2OC)cc1.O=C(O)C(F)(F)F. The number of carbonyl (C=O) groups is 1. The first kappa shape index (κ1) is 24.3. The van der Waals surface area contributed by atoms with E-state index in [2.05, 4.69) is 27.0 Å². The van der Waals surface area contributed by atoms with Gasteiger partial charge in [-0.2, -0.15) is 13.2 Å². The minimum absolute atomic E-state index is 0.198. The zero-order chi connectivity index (χ0) is 23.0. The summed E-state index contributed by atoms with van der Waals surface area (Å²) in [5.41, 5.74) is 1.24. The Balaban J connectivity index is 0.000000423. The van der Waals surface area contributed by atoms with Crippen LogP contribution in [-0.4, -0.2) is 60.6 Å². The van der Waals surface area contributed by atoms with E-state index in [1.54, 1.807) is 14.2 Å². The average molecular weight is 445 g/mol. The average Bonchev–Trinajstić information content (AvgIpc) is 2.74. The third-order valence-corrected chi connectivity index (χ3v) is 4.76. The van der Waals surface area contributed by atoms with E-state index in [0.717, 1.165) is 31.7 Å². The monoisotopic (exact) mass is 445 g/mol. The molecule has 1 N–H and O–H groups in total. The summed E-state index contributed by atoms with van der Waals surface area (Å²) < 4.78 is 55.6. The molecule has 3 rings (SSSR count). The second kappa shape index (κ2) is 10.9. The second-order valence-electron chi connectivity index (χ2n) is 6.83. The first-order chi connectivity index (χ1) is 14.6. The summed E-state index contributed by atoms with van der Waals surface area (Å²) in [6.07, 6.45) is -0.658. The van der Waals surface area contributed by atoms with Crippen LogP contribution in [0.1, 0.15) is 12.0 Å². The maximum Gasteiger partial charge on any atom is 0.490 e. The number of ether oxygens (including phenoxy) is 2. The van der Waals surface area contributed by atoms with Crippen LogP contribution in [0.15, 0.2) is 36.7 Å². The Bertz CT molecular complexity index is 832. The van der Waals surface area contributed by atoms with E-state index in [-0.39, 0.29) is 6.10 Å². The molecule has 0 radical (unpaired) electrons. The van der Waals surface area contributed by atoms with Crippen molar-refractivity contribution in [1.82, 2.24) is 9.97 Å². The van der Waals surface area contributed by atoms with Gasteiger partial charge in [-0.3, -0.25) is 0 Å². The van der Waals surface area contributed by atoms with E-state index in [1.807, 2.05) is 12.1 Å². The number of carboxylic acids is 1. The van der Waals surface area contributed by atoms with Gasteiger partial charge in [-0.15, -0.1) is 0 Å². The van der Waals surface area contributed by atoms with E-state index >= 15 is 0 Å². The van der Waals surface area contributed by atoms with E-state index in [0.29, 0.717) is 11.9 Å². The molecule has 2 atom stereocenters. The fourth-order valence-electron chi connectivity index (χ4n) is 3.23. The second-order valence-corrected chi connectivity index (χ2v) is 6.83. The summed E-state index contributed by atoms with van der Waals surface area (Å²) in [6.45, 7) is 1.60. The Morgan fingerprint density at radius 2 is 1.77 bits per heavy atom. The highest BCUT2D eigenvalue weighted by atomic mass is 19.4. The maximum atomic E-state index is 13.0. The topological polar surface area (TPSA) is 84.8 Å². The maximum absolute atomic E-state index is 13.0. The van der Waals surface area contributed by atoms with Crippen LogP contribution in [0.5, 0.6) is 5.75 Å². The van der Waals surface area contributed by atoms with Crippen LogP contribution in [0.25, 0.3) is 0 Å². The number of aliphatic carboxylic acids is 1. The van der Waals surface area contributed by atoms with Crippen LogP contribution in [-0.2, 0) is 16.0 Å². The van der Waals surface area contributed by atoms with Crippen molar-refractivity contribution >= 4 is 11.9 Å². The van der Waals surface area contributed by atoms with Crippen molar-refractivity contribution in [3.05, 3.63) is 48.0 Å². The Morgan fingerprint density at radius 3 is 2.26 bits per heavy atom. The lowest BCUT2D eigenvalue weighted by atomic mass is 9.88. The molecule has 1 aromatic carbocycles. The van der Waals surface area contributed by atoms with Crippen molar-refractivity contribution in [2.24, 2.45) is 5.92 Å². The van der Waals surface area contributed by atoms with Crippen LogP contribution < -0.4 is 9.64 Å². The van der Waals surface area contributed by atoms with Crippen molar-refractivity contribution in [3.63, 3.8) is 0 Å². The number of aromatic nitrogens is 2. The minimum atomic E-state index is -5.08. The molecule has 1 aliphatic heterocycles. The Labute approximate surface area is 176 Å². The van der Waals surface area contributed by atoms with Gasteiger partial charge < -0.3 is 19.5 Å². The molecule has 2 aromatic rings. The predicted molar refractivity (Wildman–Crippen MR) is 103 cm³/mol. The van der Waals surface area contributed by atoms with Crippen LogP contribution in [0, 0.1) is 11.7 Å². The quantitative estimate of drug-likeness (QED) is 0.707. The van der Waals surface area contributed by atoms with Crippen molar-refractivity contribution in [2.45, 2.75) is 25.1 Å². The van der Waals surface area contributed by atoms with Gasteiger partial charge in [0.2, 0.25) is 5.95 Å². The van der Waals surface area contributed by atoms with Gasteiger partial charge in [-0.05, 0) is 30.5 Å². The van der Waals surface area contributed by atoms with Gasteiger partial charge in [-0.1, -0.05) is 12.1 Å².